The second-order valence-electron chi connectivity index (χ2n) is 5.37. The summed E-state index contributed by atoms with van der Waals surface area (Å²) < 4.78 is 11.8. The molecule has 1 N–H and O–H groups in total. The number of nitrogens with zero attached hydrogens (tertiary/aromatic N) is 2. The highest BCUT2D eigenvalue weighted by atomic mass is 16.5. The number of fused-ring (bicyclic) bond motifs is 1. The van der Waals surface area contributed by atoms with Crippen LogP contribution in [0.1, 0.15) is 11.5 Å². The van der Waals surface area contributed by atoms with Crippen molar-refractivity contribution in [1.82, 2.24) is 9.78 Å². The summed E-state index contributed by atoms with van der Waals surface area (Å²) in [7, 11) is 0. The molecule has 0 bridgehead atoms. The van der Waals surface area contributed by atoms with Crippen LogP contribution in [0.5, 0.6) is 0 Å². The molecule has 1 aromatic carbocycles. The Balaban J connectivity index is 1.68. The lowest BCUT2D eigenvalue weighted by Gasteiger charge is -2.13. The molecule has 0 radical (unpaired) electrons. The van der Waals surface area contributed by atoms with E-state index in [1.807, 2.05) is 25.1 Å². The van der Waals surface area contributed by atoms with Gasteiger partial charge in [0.25, 0.3) is 5.56 Å². The van der Waals surface area contributed by atoms with E-state index in [1.54, 1.807) is 24.5 Å². The second kappa shape index (κ2) is 6.76. The average Bonchev–Trinajstić information content (AvgIpc) is 3.06. The molecule has 0 aliphatic heterocycles. The van der Waals surface area contributed by atoms with Crippen LogP contribution < -0.4 is 5.56 Å². The molecular formula is C17H18N2O4. The molecule has 120 valence electrons. The van der Waals surface area contributed by atoms with Crippen molar-refractivity contribution in [3.05, 3.63) is 64.5 Å². The van der Waals surface area contributed by atoms with Crippen LogP contribution in [0, 0.1) is 6.92 Å². The number of aliphatic hydroxyl groups excluding tert-OH is 1. The van der Waals surface area contributed by atoms with E-state index in [2.05, 4.69) is 5.10 Å². The van der Waals surface area contributed by atoms with Crippen LogP contribution in [0.15, 0.2) is 51.9 Å². The third-order valence-electron chi connectivity index (χ3n) is 3.57. The number of ether oxygens (including phenoxy) is 1. The highest BCUT2D eigenvalue weighted by molar-refractivity contribution is 5.83. The fourth-order valence-electron chi connectivity index (χ4n) is 2.47. The average molecular weight is 314 g/mol. The van der Waals surface area contributed by atoms with Gasteiger partial charge in [-0.05, 0) is 25.1 Å². The molecule has 3 aromatic rings. The van der Waals surface area contributed by atoms with E-state index < -0.39 is 6.10 Å². The smallest absolute Gasteiger partial charge is 0.274 e. The summed E-state index contributed by atoms with van der Waals surface area (Å²) in [5, 5.41) is 15.8. The molecule has 0 aliphatic rings. The summed E-state index contributed by atoms with van der Waals surface area (Å²) in [5.74, 6) is 0.689. The number of aliphatic hydroxyl groups is 1. The maximum absolute atomic E-state index is 12.4. The normalized spacial score (nSPS) is 12.6. The number of hydrogen-bond acceptors (Lipinski definition) is 5. The van der Waals surface area contributed by atoms with Gasteiger partial charge in [-0.1, -0.05) is 18.2 Å². The monoisotopic (exact) mass is 314 g/mol. The first-order chi connectivity index (χ1) is 11.1. The quantitative estimate of drug-likeness (QED) is 0.751. The molecule has 0 saturated carbocycles. The van der Waals surface area contributed by atoms with Crippen molar-refractivity contribution >= 4 is 10.8 Å². The van der Waals surface area contributed by atoms with Gasteiger partial charge in [-0.3, -0.25) is 4.79 Å². The Morgan fingerprint density at radius 1 is 1.26 bits per heavy atom. The molecule has 0 aliphatic carbocycles. The molecule has 23 heavy (non-hydrogen) atoms. The molecular weight excluding hydrogens is 296 g/mol. The van der Waals surface area contributed by atoms with Gasteiger partial charge in [0.15, 0.2) is 0 Å². The van der Waals surface area contributed by atoms with Crippen LogP contribution >= 0.6 is 0 Å². The Bertz CT molecular complexity index is 839. The van der Waals surface area contributed by atoms with Gasteiger partial charge in [-0.2, -0.15) is 5.10 Å². The van der Waals surface area contributed by atoms with Crippen LogP contribution in [0.4, 0.5) is 0 Å². The molecule has 0 unspecified atom stereocenters. The SMILES string of the molecule is Cc1nn(C[C@@H](O)COCc2ccco2)c(=O)c2ccccc12. The largest absolute Gasteiger partial charge is 0.467 e. The first-order valence-electron chi connectivity index (χ1n) is 7.40. The summed E-state index contributed by atoms with van der Waals surface area (Å²) >= 11 is 0. The molecule has 2 aromatic heterocycles. The van der Waals surface area contributed by atoms with Gasteiger partial charge in [0, 0.05) is 5.39 Å². The van der Waals surface area contributed by atoms with Gasteiger partial charge in [0.05, 0.1) is 36.6 Å². The molecule has 0 saturated heterocycles. The Morgan fingerprint density at radius 3 is 2.78 bits per heavy atom. The van der Waals surface area contributed by atoms with E-state index >= 15 is 0 Å². The van der Waals surface area contributed by atoms with Crippen molar-refractivity contribution in [1.29, 1.82) is 0 Å². The Morgan fingerprint density at radius 2 is 2.04 bits per heavy atom. The second-order valence-corrected chi connectivity index (χ2v) is 5.37. The number of benzene rings is 1. The third-order valence-corrected chi connectivity index (χ3v) is 3.57. The lowest BCUT2D eigenvalue weighted by molar-refractivity contribution is 0.0125. The van der Waals surface area contributed by atoms with Crippen molar-refractivity contribution in [3.63, 3.8) is 0 Å². The van der Waals surface area contributed by atoms with Gasteiger partial charge in [-0.15, -0.1) is 0 Å². The number of rotatable bonds is 6. The zero-order valence-electron chi connectivity index (χ0n) is 12.8. The summed E-state index contributed by atoms with van der Waals surface area (Å²) in [6.45, 7) is 2.31. The third kappa shape index (κ3) is 3.49. The summed E-state index contributed by atoms with van der Waals surface area (Å²) in [6.07, 6.45) is 0.743. The van der Waals surface area contributed by atoms with Crippen LogP contribution in [0.2, 0.25) is 0 Å². The van der Waals surface area contributed by atoms with Gasteiger partial charge < -0.3 is 14.3 Å². The van der Waals surface area contributed by atoms with Crippen LogP contribution in [-0.4, -0.2) is 27.6 Å². The highest BCUT2D eigenvalue weighted by Crippen LogP contribution is 2.12. The fourth-order valence-corrected chi connectivity index (χ4v) is 2.47. The van der Waals surface area contributed by atoms with E-state index in [0.717, 1.165) is 11.1 Å². The number of furan rings is 1. The maximum Gasteiger partial charge on any atom is 0.274 e. The van der Waals surface area contributed by atoms with Crippen LogP contribution in [0.3, 0.4) is 0 Å². The first-order valence-corrected chi connectivity index (χ1v) is 7.40. The number of hydrogen-bond donors (Lipinski definition) is 1. The Kier molecular flexibility index (Phi) is 4.55. The van der Waals surface area contributed by atoms with Crippen molar-refractivity contribution in [2.45, 2.75) is 26.2 Å². The lowest BCUT2D eigenvalue weighted by atomic mass is 10.1. The predicted octanol–water partition coefficient (Wildman–Crippen LogP) is 1.88. The van der Waals surface area contributed by atoms with Gasteiger partial charge in [0.1, 0.15) is 12.4 Å². The summed E-state index contributed by atoms with van der Waals surface area (Å²) in [5.41, 5.74) is 0.542. The van der Waals surface area contributed by atoms with E-state index in [0.29, 0.717) is 11.1 Å². The van der Waals surface area contributed by atoms with E-state index in [1.165, 1.54) is 4.68 Å². The van der Waals surface area contributed by atoms with Gasteiger partial charge >= 0.3 is 0 Å². The van der Waals surface area contributed by atoms with Crippen LogP contribution in [0.25, 0.3) is 10.8 Å². The van der Waals surface area contributed by atoms with Crippen molar-refractivity contribution in [3.8, 4) is 0 Å². The maximum atomic E-state index is 12.4. The van der Waals surface area contributed by atoms with Crippen molar-refractivity contribution in [2.24, 2.45) is 0 Å². The standard InChI is InChI=1S/C17H18N2O4/c1-12-15-6-2-3-7-16(15)17(21)19(18-12)9-13(20)10-22-11-14-5-4-8-23-14/h2-8,13,20H,9-11H2,1H3/t13-/m1/s1. The highest BCUT2D eigenvalue weighted by Gasteiger charge is 2.12. The number of aromatic nitrogens is 2. The molecule has 2 heterocycles. The molecule has 6 nitrogen and oxygen atoms in total. The molecule has 1 atom stereocenters. The molecule has 3 rings (SSSR count). The zero-order chi connectivity index (χ0) is 16.2. The van der Waals surface area contributed by atoms with Gasteiger partial charge in [-0.25, -0.2) is 4.68 Å². The van der Waals surface area contributed by atoms with Gasteiger partial charge in [0.2, 0.25) is 0 Å². The van der Waals surface area contributed by atoms with Crippen LogP contribution in [-0.2, 0) is 17.9 Å². The first kappa shape index (κ1) is 15.5. The minimum atomic E-state index is -0.823. The topological polar surface area (TPSA) is 77.5 Å². The number of aryl methyl sites for hydroxylation is 1. The minimum Gasteiger partial charge on any atom is -0.467 e. The molecule has 6 heteroatoms. The van der Waals surface area contributed by atoms with E-state index in [-0.39, 0.29) is 25.3 Å². The molecule has 0 amide bonds. The molecule has 0 fully saturated rings. The Labute approximate surface area is 132 Å². The minimum absolute atomic E-state index is 0.0860. The zero-order valence-corrected chi connectivity index (χ0v) is 12.8. The summed E-state index contributed by atoms with van der Waals surface area (Å²) in [4.78, 5) is 12.4. The van der Waals surface area contributed by atoms with E-state index in [4.69, 9.17) is 9.15 Å². The van der Waals surface area contributed by atoms with Crippen molar-refractivity contribution in [2.75, 3.05) is 6.61 Å². The summed E-state index contributed by atoms with van der Waals surface area (Å²) in [6, 6.07) is 10.9. The predicted molar refractivity (Wildman–Crippen MR) is 85.1 cm³/mol. The molecule has 0 spiro atoms. The lowest BCUT2D eigenvalue weighted by Crippen LogP contribution is -2.31. The fraction of sp³-hybridized carbons (Fsp3) is 0.294. The Hall–Kier alpha value is -2.44. The van der Waals surface area contributed by atoms with E-state index in [9.17, 15) is 9.90 Å². The van der Waals surface area contributed by atoms with Crippen molar-refractivity contribution < 1.29 is 14.3 Å².